The highest BCUT2D eigenvalue weighted by Crippen LogP contribution is 2.30. The summed E-state index contributed by atoms with van der Waals surface area (Å²) in [7, 11) is 2.94. The second kappa shape index (κ2) is 5.63. The fourth-order valence-electron chi connectivity index (χ4n) is 1.90. The maximum atomic E-state index is 11.1. The lowest BCUT2D eigenvalue weighted by atomic mass is 9.89. The molecule has 0 unspecified atom stereocenters. The number of ether oxygens (including phenoxy) is 2. The van der Waals surface area contributed by atoms with Crippen molar-refractivity contribution >= 4 is 11.8 Å². The van der Waals surface area contributed by atoms with Gasteiger partial charge in [0.25, 0.3) is 0 Å². The van der Waals surface area contributed by atoms with Gasteiger partial charge in [-0.3, -0.25) is 0 Å². The van der Waals surface area contributed by atoms with Gasteiger partial charge in [0.2, 0.25) is 0 Å². The molecule has 1 aromatic rings. The molecule has 0 spiro atoms. The Morgan fingerprint density at radius 2 is 1.74 bits per heavy atom. The zero-order valence-corrected chi connectivity index (χ0v) is 10.9. The average Bonchev–Trinajstić information content (AvgIpc) is 2.49. The van der Waals surface area contributed by atoms with E-state index in [1.807, 2.05) is 42.5 Å². The second-order valence-electron chi connectivity index (χ2n) is 4.04. The van der Waals surface area contributed by atoms with E-state index in [0.29, 0.717) is 5.71 Å². The molecule has 1 aliphatic carbocycles. The Labute approximate surface area is 112 Å². The summed E-state index contributed by atoms with van der Waals surface area (Å²) >= 11 is 0. The van der Waals surface area contributed by atoms with E-state index in [-0.39, 0.29) is 0 Å². The van der Waals surface area contributed by atoms with Gasteiger partial charge in [-0.1, -0.05) is 30.3 Å². The van der Waals surface area contributed by atoms with Crippen LogP contribution < -0.4 is 0 Å². The lowest BCUT2D eigenvalue weighted by molar-refractivity contribution is 0.0722. The highest BCUT2D eigenvalue weighted by atomic mass is 16.5. The number of carbonyl (C=O) groups excluding carboxylic acids is 1. The fourth-order valence-corrected chi connectivity index (χ4v) is 1.90. The first-order valence-electron chi connectivity index (χ1n) is 5.86. The molecule has 0 heterocycles. The van der Waals surface area contributed by atoms with Gasteiger partial charge >= 0.3 is 6.09 Å². The zero-order chi connectivity index (χ0) is 13.7. The molecule has 1 aliphatic rings. The summed E-state index contributed by atoms with van der Waals surface area (Å²) in [4.78, 5) is 14.8. The van der Waals surface area contributed by atoms with Crippen molar-refractivity contribution in [3.63, 3.8) is 0 Å². The quantitative estimate of drug-likeness (QED) is 0.818. The third-order valence-corrected chi connectivity index (χ3v) is 2.96. The third kappa shape index (κ3) is 2.80. The minimum absolute atomic E-state index is 0.537. The molecule has 1 aromatic carbocycles. The van der Waals surface area contributed by atoms with Gasteiger partial charge in [-0.05, 0) is 29.9 Å². The third-order valence-electron chi connectivity index (χ3n) is 2.96. The van der Waals surface area contributed by atoms with E-state index in [0.717, 1.165) is 5.56 Å². The molecule has 4 heteroatoms. The van der Waals surface area contributed by atoms with Crippen LogP contribution in [0.5, 0.6) is 0 Å². The summed E-state index contributed by atoms with van der Waals surface area (Å²) in [6.07, 6.45) is 6.60. The van der Waals surface area contributed by atoms with Crippen LogP contribution in [0.15, 0.2) is 59.6 Å². The Balaban J connectivity index is 2.29. The lowest BCUT2D eigenvalue weighted by Crippen LogP contribution is -2.26. The number of methoxy groups -OCH3 is 2. The van der Waals surface area contributed by atoms with Crippen molar-refractivity contribution in [3.8, 4) is 0 Å². The lowest BCUT2D eigenvalue weighted by Gasteiger charge is -2.28. The van der Waals surface area contributed by atoms with Gasteiger partial charge in [-0.2, -0.15) is 4.99 Å². The number of carbonyl (C=O) groups is 1. The van der Waals surface area contributed by atoms with Crippen LogP contribution in [0.4, 0.5) is 4.79 Å². The highest BCUT2D eigenvalue weighted by molar-refractivity contribution is 6.09. The molecule has 0 aromatic heterocycles. The molecule has 0 bridgehead atoms. The van der Waals surface area contributed by atoms with E-state index in [1.165, 1.54) is 7.11 Å². The Kier molecular flexibility index (Phi) is 3.92. The first-order chi connectivity index (χ1) is 9.20. The average molecular weight is 257 g/mol. The molecule has 2 rings (SSSR count). The molecule has 0 fully saturated rings. The van der Waals surface area contributed by atoms with E-state index in [4.69, 9.17) is 4.74 Å². The van der Waals surface area contributed by atoms with E-state index in [1.54, 1.807) is 19.3 Å². The molecule has 0 N–H and O–H groups in total. The standard InChI is InChI=1S/C15H15NO3/c1-18-14(17)16-13-8-10-15(19-2,11-9-13)12-6-4-3-5-7-12/h3-11H,1-2H3. The van der Waals surface area contributed by atoms with Crippen molar-refractivity contribution in [3.05, 3.63) is 60.2 Å². The van der Waals surface area contributed by atoms with Crippen LogP contribution in [0.25, 0.3) is 0 Å². The predicted octanol–water partition coefficient (Wildman–Crippen LogP) is 2.86. The van der Waals surface area contributed by atoms with E-state index in [2.05, 4.69) is 9.73 Å². The largest absolute Gasteiger partial charge is 0.451 e. The maximum absolute atomic E-state index is 11.1. The van der Waals surface area contributed by atoms with Crippen LogP contribution in [-0.4, -0.2) is 26.0 Å². The molecule has 0 saturated heterocycles. The maximum Gasteiger partial charge on any atom is 0.433 e. The molecule has 4 nitrogen and oxygen atoms in total. The number of amides is 1. The van der Waals surface area contributed by atoms with Gasteiger partial charge < -0.3 is 9.47 Å². The van der Waals surface area contributed by atoms with Crippen LogP contribution in [0.1, 0.15) is 5.56 Å². The van der Waals surface area contributed by atoms with Crippen LogP contribution in [0.2, 0.25) is 0 Å². The van der Waals surface area contributed by atoms with Crippen LogP contribution in [-0.2, 0) is 15.1 Å². The van der Waals surface area contributed by atoms with Crippen molar-refractivity contribution in [2.24, 2.45) is 4.99 Å². The van der Waals surface area contributed by atoms with Crippen LogP contribution in [0, 0.1) is 0 Å². The summed E-state index contributed by atoms with van der Waals surface area (Å²) in [6, 6.07) is 9.83. The summed E-state index contributed by atoms with van der Waals surface area (Å²) < 4.78 is 10.1. The van der Waals surface area contributed by atoms with Crippen molar-refractivity contribution in [1.82, 2.24) is 0 Å². The molecule has 0 atom stereocenters. The summed E-state index contributed by atoms with van der Waals surface area (Å²) in [5, 5.41) is 0. The molecule has 98 valence electrons. The predicted molar refractivity (Wildman–Crippen MR) is 73.2 cm³/mol. The van der Waals surface area contributed by atoms with E-state index in [9.17, 15) is 4.79 Å². The van der Waals surface area contributed by atoms with Crippen molar-refractivity contribution in [1.29, 1.82) is 0 Å². The molecule has 1 amide bonds. The Hall–Kier alpha value is -2.20. The van der Waals surface area contributed by atoms with Gasteiger partial charge in [-0.15, -0.1) is 0 Å². The number of hydrogen-bond donors (Lipinski definition) is 0. The number of rotatable bonds is 2. The van der Waals surface area contributed by atoms with Gasteiger partial charge in [-0.25, -0.2) is 4.79 Å². The number of benzene rings is 1. The van der Waals surface area contributed by atoms with E-state index < -0.39 is 11.7 Å². The van der Waals surface area contributed by atoms with E-state index >= 15 is 0 Å². The molecule has 0 radical (unpaired) electrons. The summed E-state index contributed by atoms with van der Waals surface area (Å²) in [6.45, 7) is 0. The minimum Gasteiger partial charge on any atom is -0.451 e. The number of nitrogens with zero attached hydrogens (tertiary/aromatic N) is 1. The fraction of sp³-hybridized carbons (Fsp3) is 0.200. The smallest absolute Gasteiger partial charge is 0.433 e. The van der Waals surface area contributed by atoms with Gasteiger partial charge in [0.05, 0.1) is 12.8 Å². The zero-order valence-electron chi connectivity index (χ0n) is 10.9. The normalized spacial score (nSPS) is 21.3. The summed E-state index contributed by atoms with van der Waals surface area (Å²) in [5.74, 6) is 0. The Bertz CT molecular complexity index is 528. The SMILES string of the molecule is COC(=O)N=C1C=CC(OC)(c2ccccc2)C=C1. The number of aliphatic imine (C=N–C) groups is 1. The monoisotopic (exact) mass is 257 g/mol. The molecule has 19 heavy (non-hydrogen) atoms. The Morgan fingerprint density at radius 1 is 1.11 bits per heavy atom. The topological polar surface area (TPSA) is 47.9 Å². The highest BCUT2D eigenvalue weighted by Gasteiger charge is 2.27. The molecular formula is C15H15NO3. The Morgan fingerprint density at radius 3 is 2.26 bits per heavy atom. The van der Waals surface area contributed by atoms with Crippen molar-refractivity contribution in [2.75, 3.05) is 14.2 Å². The molecular weight excluding hydrogens is 242 g/mol. The van der Waals surface area contributed by atoms with Gasteiger partial charge in [0.15, 0.2) is 0 Å². The summed E-state index contributed by atoms with van der Waals surface area (Å²) in [5.41, 5.74) is 0.939. The van der Waals surface area contributed by atoms with Crippen molar-refractivity contribution in [2.45, 2.75) is 5.60 Å². The first kappa shape index (κ1) is 13.2. The van der Waals surface area contributed by atoms with Crippen molar-refractivity contribution < 1.29 is 14.3 Å². The van der Waals surface area contributed by atoms with Crippen LogP contribution in [0.3, 0.4) is 0 Å². The van der Waals surface area contributed by atoms with Gasteiger partial charge in [0, 0.05) is 7.11 Å². The van der Waals surface area contributed by atoms with Crippen LogP contribution >= 0.6 is 0 Å². The first-order valence-corrected chi connectivity index (χ1v) is 5.86. The number of hydrogen-bond acceptors (Lipinski definition) is 3. The number of allylic oxidation sites excluding steroid dienone is 2. The van der Waals surface area contributed by atoms with Gasteiger partial charge in [0.1, 0.15) is 5.60 Å². The molecule has 0 aliphatic heterocycles. The second-order valence-corrected chi connectivity index (χ2v) is 4.04. The molecule has 0 saturated carbocycles. The minimum atomic E-state index is -0.617.